The van der Waals surface area contributed by atoms with E-state index in [0.717, 1.165) is 103 Å². The second-order valence-corrected chi connectivity index (χ2v) is 18.2. The molecule has 0 saturated heterocycles. The molecule has 0 aromatic heterocycles. The molecule has 1 atom stereocenters. The standard InChI is InChI=1S/C58H102O6/c1-4-7-10-13-16-19-22-25-27-28-29-31-33-36-39-42-45-48-51-57(60)63-54-55(53-62-56(59)50-47-44-41-38-35-32-24-21-18-15-12-9-6-3)64-58(61)52-49-46-43-40-37-34-30-26-23-20-17-14-11-8-5-2/h9,12,15,18,21,24,27-29,31,55H,4-8,10-11,13-14,16-17,19-20,22-23,25-26,30,32-54H2,1-3H3/b12-9+,18-15+,24-21+,28-27+,31-29+. The first kappa shape index (κ1) is 61.1. The third-order valence-corrected chi connectivity index (χ3v) is 11.8. The average Bonchev–Trinajstić information content (AvgIpc) is 3.29. The Morgan fingerprint density at radius 3 is 0.953 bits per heavy atom. The molecule has 0 spiro atoms. The Bertz CT molecular complexity index is 1170. The van der Waals surface area contributed by atoms with Gasteiger partial charge in [-0.05, 0) is 64.2 Å². The summed E-state index contributed by atoms with van der Waals surface area (Å²) in [5.74, 6) is -0.912. The number of hydrogen-bond donors (Lipinski definition) is 0. The van der Waals surface area contributed by atoms with Crippen LogP contribution in [0.3, 0.4) is 0 Å². The molecule has 0 heterocycles. The summed E-state index contributed by atoms with van der Waals surface area (Å²) in [6.07, 6.45) is 64.9. The van der Waals surface area contributed by atoms with E-state index >= 15 is 0 Å². The largest absolute Gasteiger partial charge is 0.462 e. The highest BCUT2D eigenvalue weighted by atomic mass is 16.6. The first-order chi connectivity index (χ1) is 31.5. The van der Waals surface area contributed by atoms with E-state index in [2.05, 4.69) is 81.5 Å². The van der Waals surface area contributed by atoms with E-state index in [1.165, 1.54) is 128 Å². The maximum absolute atomic E-state index is 12.8. The second-order valence-electron chi connectivity index (χ2n) is 18.2. The van der Waals surface area contributed by atoms with Crippen LogP contribution in [0.1, 0.15) is 271 Å². The highest BCUT2D eigenvalue weighted by molar-refractivity contribution is 5.71. The van der Waals surface area contributed by atoms with Crippen LogP contribution in [0.4, 0.5) is 0 Å². The van der Waals surface area contributed by atoms with Crippen molar-refractivity contribution in [2.24, 2.45) is 0 Å². The van der Waals surface area contributed by atoms with Crippen LogP contribution in [0.5, 0.6) is 0 Å². The van der Waals surface area contributed by atoms with Gasteiger partial charge in [0.15, 0.2) is 6.10 Å². The SMILES string of the molecule is CC/C=C/C=C/C=C/CCCCCCCC(=O)OCC(COC(=O)CCCCCCC/C=C/C=C/CCCCCCCCC)OC(=O)CCCCCCCCCCCCCCCCC. The first-order valence-corrected chi connectivity index (χ1v) is 27.3. The number of allylic oxidation sites excluding steroid dienone is 10. The number of unbranched alkanes of at least 4 members (excludes halogenated alkanes) is 31. The quantitative estimate of drug-likeness (QED) is 0.0262. The van der Waals surface area contributed by atoms with Crippen LogP contribution >= 0.6 is 0 Å². The highest BCUT2D eigenvalue weighted by Crippen LogP contribution is 2.16. The summed E-state index contributed by atoms with van der Waals surface area (Å²) >= 11 is 0. The van der Waals surface area contributed by atoms with Crippen LogP contribution in [0.15, 0.2) is 60.8 Å². The lowest BCUT2D eigenvalue weighted by Crippen LogP contribution is -2.30. The van der Waals surface area contributed by atoms with Gasteiger partial charge in [0.05, 0.1) is 0 Å². The molecule has 0 radical (unpaired) electrons. The number of carbonyl (C=O) groups excluding carboxylic acids is 3. The molecule has 6 nitrogen and oxygen atoms in total. The van der Waals surface area contributed by atoms with E-state index in [-0.39, 0.29) is 31.1 Å². The van der Waals surface area contributed by atoms with Gasteiger partial charge in [0.2, 0.25) is 0 Å². The van der Waals surface area contributed by atoms with Gasteiger partial charge in [-0.3, -0.25) is 14.4 Å². The van der Waals surface area contributed by atoms with Crippen molar-refractivity contribution in [1.29, 1.82) is 0 Å². The molecule has 0 aliphatic rings. The zero-order chi connectivity index (χ0) is 46.5. The number of rotatable bonds is 49. The molecule has 0 aromatic carbocycles. The summed E-state index contributed by atoms with van der Waals surface area (Å²) in [5, 5.41) is 0. The van der Waals surface area contributed by atoms with Crippen molar-refractivity contribution in [3.63, 3.8) is 0 Å². The summed E-state index contributed by atoms with van der Waals surface area (Å²) < 4.78 is 16.8. The van der Waals surface area contributed by atoms with Crippen LogP contribution in [0.25, 0.3) is 0 Å². The van der Waals surface area contributed by atoms with Crippen LogP contribution in [-0.2, 0) is 28.6 Å². The molecule has 0 aromatic rings. The molecule has 6 heteroatoms. The molecule has 0 rings (SSSR count). The fourth-order valence-electron chi connectivity index (χ4n) is 7.73. The van der Waals surface area contributed by atoms with Crippen molar-refractivity contribution in [2.45, 2.75) is 277 Å². The van der Waals surface area contributed by atoms with E-state index < -0.39 is 6.10 Å². The van der Waals surface area contributed by atoms with Gasteiger partial charge >= 0.3 is 17.9 Å². The molecular formula is C58H102O6. The third-order valence-electron chi connectivity index (χ3n) is 11.8. The fourth-order valence-corrected chi connectivity index (χ4v) is 7.73. The Hall–Kier alpha value is -2.89. The molecule has 0 aliphatic carbocycles. The summed E-state index contributed by atoms with van der Waals surface area (Å²) in [6, 6.07) is 0. The zero-order valence-electron chi connectivity index (χ0n) is 42.3. The van der Waals surface area contributed by atoms with Crippen LogP contribution in [0, 0.1) is 0 Å². The molecule has 0 fully saturated rings. The van der Waals surface area contributed by atoms with Crippen molar-refractivity contribution < 1.29 is 28.6 Å². The Balaban J connectivity index is 4.40. The lowest BCUT2D eigenvalue weighted by molar-refractivity contribution is -0.167. The van der Waals surface area contributed by atoms with Crippen molar-refractivity contribution in [1.82, 2.24) is 0 Å². The smallest absolute Gasteiger partial charge is 0.306 e. The molecule has 370 valence electrons. The molecule has 0 saturated carbocycles. The molecule has 64 heavy (non-hydrogen) atoms. The number of carbonyl (C=O) groups is 3. The van der Waals surface area contributed by atoms with Crippen LogP contribution < -0.4 is 0 Å². The maximum Gasteiger partial charge on any atom is 0.306 e. The lowest BCUT2D eigenvalue weighted by Gasteiger charge is -2.18. The Morgan fingerprint density at radius 1 is 0.328 bits per heavy atom. The molecule has 0 bridgehead atoms. The Kier molecular flexibility index (Phi) is 50.4. The number of ether oxygens (including phenoxy) is 3. The van der Waals surface area contributed by atoms with E-state index in [1.54, 1.807) is 0 Å². The fraction of sp³-hybridized carbons (Fsp3) is 0.776. The number of hydrogen-bond acceptors (Lipinski definition) is 6. The first-order valence-electron chi connectivity index (χ1n) is 27.3. The van der Waals surface area contributed by atoms with E-state index in [9.17, 15) is 14.4 Å². The third kappa shape index (κ3) is 50.1. The van der Waals surface area contributed by atoms with Crippen molar-refractivity contribution >= 4 is 17.9 Å². The van der Waals surface area contributed by atoms with Gasteiger partial charge in [-0.15, -0.1) is 0 Å². The minimum Gasteiger partial charge on any atom is -0.462 e. The normalized spacial score (nSPS) is 12.5. The summed E-state index contributed by atoms with van der Waals surface area (Å²) in [7, 11) is 0. The van der Waals surface area contributed by atoms with Crippen molar-refractivity contribution in [3.8, 4) is 0 Å². The van der Waals surface area contributed by atoms with Gasteiger partial charge in [-0.2, -0.15) is 0 Å². The monoisotopic (exact) mass is 895 g/mol. The van der Waals surface area contributed by atoms with Gasteiger partial charge < -0.3 is 14.2 Å². The van der Waals surface area contributed by atoms with Gasteiger partial charge in [-0.1, -0.05) is 248 Å². The highest BCUT2D eigenvalue weighted by Gasteiger charge is 2.19. The molecule has 1 unspecified atom stereocenters. The molecule has 0 amide bonds. The van der Waals surface area contributed by atoms with Crippen molar-refractivity contribution in [3.05, 3.63) is 60.8 Å². The summed E-state index contributed by atoms with van der Waals surface area (Å²) in [5.41, 5.74) is 0. The van der Waals surface area contributed by atoms with Gasteiger partial charge in [-0.25, -0.2) is 0 Å². The Morgan fingerprint density at radius 2 is 0.609 bits per heavy atom. The molecule has 0 N–H and O–H groups in total. The lowest BCUT2D eigenvalue weighted by atomic mass is 10.0. The minimum absolute atomic E-state index is 0.0871. The predicted octanol–water partition coefficient (Wildman–Crippen LogP) is 18.0. The van der Waals surface area contributed by atoms with Gasteiger partial charge in [0.25, 0.3) is 0 Å². The topological polar surface area (TPSA) is 78.9 Å². The van der Waals surface area contributed by atoms with Crippen LogP contribution in [-0.4, -0.2) is 37.2 Å². The average molecular weight is 895 g/mol. The maximum atomic E-state index is 12.8. The summed E-state index contributed by atoms with van der Waals surface area (Å²) in [4.78, 5) is 38.0. The van der Waals surface area contributed by atoms with Crippen molar-refractivity contribution in [2.75, 3.05) is 13.2 Å². The number of esters is 3. The van der Waals surface area contributed by atoms with E-state index in [0.29, 0.717) is 19.3 Å². The molecule has 0 aliphatic heterocycles. The second kappa shape index (κ2) is 52.7. The van der Waals surface area contributed by atoms with Gasteiger partial charge in [0, 0.05) is 19.3 Å². The van der Waals surface area contributed by atoms with E-state index in [1.807, 2.05) is 0 Å². The predicted molar refractivity (Wildman–Crippen MR) is 275 cm³/mol. The van der Waals surface area contributed by atoms with Gasteiger partial charge in [0.1, 0.15) is 13.2 Å². The van der Waals surface area contributed by atoms with Crippen LogP contribution in [0.2, 0.25) is 0 Å². The van der Waals surface area contributed by atoms with E-state index in [4.69, 9.17) is 14.2 Å². The Labute approximate surface area is 396 Å². The molecular weight excluding hydrogens is 793 g/mol. The zero-order valence-corrected chi connectivity index (χ0v) is 42.3. The summed E-state index contributed by atoms with van der Waals surface area (Å²) in [6.45, 7) is 6.49. The minimum atomic E-state index is -0.787.